The van der Waals surface area contributed by atoms with Crippen LogP contribution >= 0.6 is 34.9 Å². The average molecular weight is 501 g/mol. The number of thioether (sulfide) groups is 2. The molecule has 0 spiro atoms. The van der Waals surface area contributed by atoms with E-state index in [0.717, 1.165) is 47.8 Å². The fourth-order valence-electron chi connectivity index (χ4n) is 4.08. The number of rotatable bonds is 2. The van der Waals surface area contributed by atoms with E-state index < -0.39 is 0 Å². The Bertz CT molecular complexity index is 1540. The van der Waals surface area contributed by atoms with Crippen LogP contribution < -0.4 is 9.80 Å². The van der Waals surface area contributed by atoms with Crippen molar-refractivity contribution in [2.45, 2.75) is 18.7 Å². The third-order valence-electron chi connectivity index (χ3n) is 5.68. The van der Waals surface area contributed by atoms with Gasteiger partial charge in [0.25, 0.3) is 5.91 Å². The highest BCUT2D eigenvalue weighted by Gasteiger charge is 2.40. The van der Waals surface area contributed by atoms with E-state index in [-0.39, 0.29) is 5.91 Å². The minimum absolute atomic E-state index is 0.0498. The second-order valence-corrected chi connectivity index (χ2v) is 11.4. The number of amidine groups is 1. The first-order chi connectivity index (χ1) is 16.5. The number of aromatic nitrogens is 1. The molecule has 0 bridgehead atoms. The van der Waals surface area contributed by atoms with Crippen LogP contribution in [0.4, 0.5) is 17.1 Å². The smallest absolute Gasteiger partial charge is 0.274 e. The van der Waals surface area contributed by atoms with Crippen LogP contribution in [0.2, 0.25) is 0 Å². The standard InChI is InChI=1S/C26H20N4OS3/c1-15-7-6-8-18(13-15)30-24(31)23(25-29(3)20-9-4-5-10-21(20)33-25)34-26(30)28-17-11-12-19-22(14-17)32-16(2)27-19/h4-14H,1-3H3. The predicted molar refractivity (Wildman–Crippen MR) is 145 cm³/mol. The fourth-order valence-corrected chi connectivity index (χ4v) is 7.29. The summed E-state index contributed by atoms with van der Waals surface area (Å²) in [5.74, 6) is -0.0498. The Morgan fingerprint density at radius 2 is 1.79 bits per heavy atom. The van der Waals surface area contributed by atoms with Crippen LogP contribution in [0.5, 0.6) is 0 Å². The lowest BCUT2D eigenvalue weighted by Crippen LogP contribution is -2.29. The molecule has 0 saturated carbocycles. The van der Waals surface area contributed by atoms with Crippen LogP contribution in [0, 0.1) is 13.8 Å². The molecule has 1 amide bonds. The number of aliphatic imine (C=N–C) groups is 1. The summed E-state index contributed by atoms with van der Waals surface area (Å²) in [4.78, 5) is 29.0. The molecule has 6 rings (SSSR count). The molecular weight excluding hydrogens is 481 g/mol. The molecule has 1 aromatic heterocycles. The first-order valence-electron chi connectivity index (χ1n) is 10.8. The number of hydrogen-bond acceptors (Lipinski definition) is 7. The van der Waals surface area contributed by atoms with Crippen LogP contribution in [0.15, 0.2) is 86.6 Å². The number of hydrogen-bond donors (Lipinski definition) is 0. The Balaban J connectivity index is 1.47. The lowest BCUT2D eigenvalue weighted by molar-refractivity contribution is -0.113. The van der Waals surface area contributed by atoms with Gasteiger partial charge < -0.3 is 4.90 Å². The average Bonchev–Trinajstić information content (AvgIpc) is 3.46. The van der Waals surface area contributed by atoms with Gasteiger partial charge in [0.1, 0.15) is 4.91 Å². The fraction of sp³-hybridized carbons (Fsp3) is 0.115. The summed E-state index contributed by atoms with van der Waals surface area (Å²) in [7, 11) is 2.02. The molecule has 0 radical (unpaired) electrons. The quantitative estimate of drug-likeness (QED) is 0.275. The van der Waals surface area contributed by atoms with Gasteiger partial charge in [-0.05, 0) is 73.6 Å². The summed E-state index contributed by atoms with van der Waals surface area (Å²) in [6.45, 7) is 4.04. The highest BCUT2D eigenvalue weighted by atomic mass is 32.2. The Kier molecular flexibility index (Phi) is 5.24. The van der Waals surface area contributed by atoms with E-state index in [2.05, 4.69) is 22.0 Å². The topological polar surface area (TPSA) is 48.8 Å². The number of anilines is 2. The van der Waals surface area contributed by atoms with E-state index in [9.17, 15) is 4.79 Å². The van der Waals surface area contributed by atoms with Crippen LogP contribution in [0.1, 0.15) is 10.6 Å². The molecule has 0 unspecified atom stereocenters. The number of para-hydroxylation sites is 1. The Hall–Kier alpha value is -3.07. The van der Waals surface area contributed by atoms with Crippen LogP contribution in [0.25, 0.3) is 10.2 Å². The summed E-state index contributed by atoms with van der Waals surface area (Å²) in [5.41, 5.74) is 4.82. The Morgan fingerprint density at radius 3 is 2.62 bits per heavy atom. The number of fused-ring (bicyclic) bond motifs is 2. The zero-order valence-corrected chi connectivity index (χ0v) is 21.2. The van der Waals surface area contributed by atoms with E-state index in [1.165, 1.54) is 11.8 Å². The molecule has 34 heavy (non-hydrogen) atoms. The molecule has 0 atom stereocenters. The van der Waals surface area contributed by atoms with E-state index >= 15 is 0 Å². The van der Waals surface area contributed by atoms with Crippen molar-refractivity contribution < 1.29 is 4.79 Å². The van der Waals surface area contributed by atoms with Gasteiger partial charge in [-0.15, -0.1) is 11.3 Å². The molecule has 2 aliphatic heterocycles. The minimum Gasteiger partial charge on any atom is -0.337 e. The van der Waals surface area contributed by atoms with Crippen LogP contribution in [-0.2, 0) is 4.79 Å². The van der Waals surface area contributed by atoms with Gasteiger partial charge in [-0.2, -0.15) is 0 Å². The molecule has 0 N–H and O–H groups in total. The van der Waals surface area contributed by atoms with Crippen molar-refractivity contribution in [1.82, 2.24) is 4.98 Å². The normalized spacial score (nSPS) is 19.0. The van der Waals surface area contributed by atoms with E-state index in [1.807, 2.05) is 75.5 Å². The van der Waals surface area contributed by atoms with Gasteiger partial charge in [0.15, 0.2) is 5.17 Å². The molecule has 5 nitrogen and oxygen atoms in total. The Labute approximate surface area is 210 Å². The SMILES string of the molecule is Cc1cccc(N2C(=O)C(=C3Sc4ccccc4N3C)SC2=Nc2ccc3nc(C)sc3c2)c1. The van der Waals surface area contributed by atoms with Gasteiger partial charge in [-0.1, -0.05) is 36.0 Å². The number of aryl methyl sites for hydroxylation is 2. The van der Waals surface area contributed by atoms with Crippen molar-refractivity contribution in [3.8, 4) is 0 Å². The molecule has 1 saturated heterocycles. The van der Waals surface area contributed by atoms with E-state index in [1.54, 1.807) is 28.0 Å². The van der Waals surface area contributed by atoms with E-state index in [0.29, 0.717) is 10.1 Å². The maximum Gasteiger partial charge on any atom is 0.274 e. The number of nitrogens with zero attached hydrogens (tertiary/aromatic N) is 4. The minimum atomic E-state index is -0.0498. The zero-order chi connectivity index (χ0) is 23.4. The number of benzene rings is 3. The highest BCUT2D eigenvalue weighted by molar-refractivity contribution is 8.20. The molecule has 3 aromatic carbocycles. The van der Waals surface area contributed by atoms with Gasteiger partial charge in [0.2, 0.25) is 0 Å². The van der Waals surface area contributed by atoms with Gasteiger partial charge in [0, 0.05) is 11.9 Å². The molecule has 8 heteroatoms. The molecule has 1 fully saturated rings. The first kappa shape index (κ1) is 21.5. The van der Waals surface area contributed by atoms with Crippen molar-refractivity contribution in [2.24, 2.45) is 4.99 Å². The van der Waals surface area contributed by atoms with Crippen molar-refractivity contribution in [3.05, 3.63) is 87.2 Å². The summed E-state index contributed by atoms with van der Waals surface area (Å²) >= 11 is 4.72. The maximum atomic E-state index is 13.8. The predicted octanol–water partition coefficient (Wildman–Crippen LogP) is 7.09. The number of carbonyl (C=O) groups is 1. The summed E-state index contributed by atoms with van der Waals surface area (Å²) in [5, 5.41) is 2.62. The Morgan fingerprint density at radius 1 is 0.941 bits per heavy atom. The van der Waals surface area contributed by atoms with Crippen molar-refractivity contribution in [3.63, 3.8) is 0 Å². The monoisotopic (exact) mass is 500 g/mol. The van der Waals surface area contributed by atoms with Crippen LogP contribution in [0.3, 0.4) is 0 Å². The number of thiazole rings is 1. The highest BCUT2D eigenvalue weighted by Crippen LogP contribution is 2.50. The van der Waals surface area contributed by atoms with Gasteiger partial charge >= 0.3 is 0 Å². The molecule has 168 valence electrons. The summed E-state index contributed by atoms with van der Waals surface area (Å²) < 4.78 is 1.09. The number of amides is 1. The second kappa shape index (κ2) is 8.30. The first-order valence-corrected chi connectivity index (χ1v) is 13.2. The molecule has 0 aliphatic carbocycles. The van der Waals surface area contributed by atoms with Crippen molar-refractivity contribution in [2.75, 3.05) is 16.8 Å². The lowest BCUT2D eigenvalue weighted by atomic mass is 10.2. The van der Waals surface area contributed by atoms with E-state index in [4.69, 9.17) is 4.99 Å². The zero-order valence-electron chi connectivity index (χ0n) is 18.8. The van der Waals surface area contributed by atoms with Gasteiger partial charge in [-0.25, -0.2) is 9.98 Å². The third kappa shape index (κ3) is 3.62. The number of carbonyl (C=O) groups excluding carboxylic acids is 1. The lowest BCUT2D eigenvalue weighted by Gasteiger charge is -2.17. The van der Waals surface area contributed by atoms with Crippen LogP contribution in [-0.4, -0.2) is 23.1 Å². The largest absolute Gasteiger partial charge is 0.337 e. The summed E-state index contributed by atoms with van der Waals surface area (Å²) in [6.07, 6.45) is 0. The molecule has 4 aromatic rings. The second-order valence-electron chi connectivity index (χ2n) is 8.12. The maximum absolute atomic E-state index is 13.8. The van der Waals surface area contributed by atoms with Gasteiger partial charge in [-0.3, -0.25) is 9.69 Å². The summed E-state index contributed by atoms with van der Waals surface area (Å²) in [6, 6.07) is 22.2. The van der Waals surface area contributed by atoms with Crippen molar-refractivity contribution in [1.29, 1.82) is 0 Å². The molecule has 2 aliphatic rings. The molecular formula is C26H20N4OS3. The van der Waals surface area contributed by atoms with Gasteiger partial charge in [0.05, 0.1) is 37.3 Å². The molecule has 3 heterocycles. The van der Waals surface area contributed by atoms with Crippen molar-refractivity contribution >= 4 is 73.2 Å². The third-order valence-corrected chi connectivity index (χ3v) is 9.01.